The molecular weight excluding hydrogens is 416 g/mol. The van der Waals surface area contributed by atoms with Crippen LogP contribution in [0.2, 0.25) is 5.02 Å². The van der Waals surface area contributed by atoms with Crippen LogP contribution >= 0.6 is 20.0 Å². The molecule has 1 aromatic rings. The van der Waals surface area contributed by atoms with E-state index in [0.29, 0.717) is 13.2 Å². The summed E-state index contributed by atoms with van der Waals surface area (Å²) in [7, 11) is -0.927. The van der Waals surface area contributed by atoms with Gasteiger partial charge in [0, 0.05) is 32.7 Å². The molecule has 0 aliphatic carbocycles. The SMILES string of the molecule is CCOP(OCC)c1ccc(Cl)cc1.[Au]. The Labute approximate surface area is 113 Å². The van der Waals surface area contributed by atoms with E-state index >= 15 is 0 Å². The Bertz CT molecular complexity index is 263. The van der Waals surface area contributed by atoms with Crippen molar-refractivity contribution in [2.45, 2.75) is 13.8 Å². The van der Waals surface area contributed by atoms with Gasteiger partial charge < -0.3 is 9.05 Å². The van der Waals surface area contributed by atoms with Crippen molar-refractivity contribution in [2.24, 2.45) is 0 Å². The average Bonchev–Trinajstić information content (AvgIpc) is 2.19. The Morgan fingerprint density at radius 3 is 1.93 bits per heavy atom. The van der Waals surface area contributed by atoms with Crippen LogP contribution in [0.1, 0.15) is 13.8 Å². The summed E-state index contributed by atoms with van der Waals surface area (Å²) >= 11 is 5.80. The predicted molar refractivity (Wildman–Crippen MR) is 61.3 cm³/mol. The van der Waals surface area contributed by atoms with Crippen molar-refractivity contribution in [1.29, 1.82) is 0 Å². The van der Waals surface area contributed by atoms with Gasteiger partial charge >= 0.3 is 0 Å². The van der Waals surface area contributed by atoms with Crippen LogP contribution in [-0.2, 0) is 31.4 Å². The minimum Gasteiger partial charge on any atom is -0.331 e. The number of rotatable bonds is 5. The molecule has 0 saturated heterocycles. The quantitative estimate of drug-likeness (QED) is 0.528. The Kier molecular flexibility index (Phi) is 9.07. The van der Waals surface area contributed by atoms with E-state index in [-0.39, 0.29) is 22.4 Å². The minimum absolute atomic E-state index is 0. The topological polar surface area (TPSA) is 18.5 Å². The fourth-order valence-corrected chi connectivity index (χ4v) is 2.34. The van der Waals surface area contributed by atoms with E-state index in [0.717, 1.165) is 10.3 Å². The molecule has 89 valence electrons. The molecule has 5 heteroatoms. The molecule has 15 heavy (non-hydrogen) atoms. The normalized spacial score (nSPS) is 10.1. The van der Waals surface area contributed by atoms with Crippen molar-refractivity contribution in [3.8, 4) is 0 Å². The molecule has 0 spiro atoms. The maximum absolute atomic E-state index is 5.80. The Morgan fingerprint density at radius 2 is 1.53 bits per heavy atom. The zero-order chi connectivity index (χ0) is 10.4. The van der Waals surface area contributed by atoms with Crippen LogP contribution < -0.4 is 5.30 Å². The van der Waals surface area contributed by atoms with Crippen LogP contribution in [0.3, 0.4) is 0 Å². The summed E-state index contributed by atoms with van der Waals surface area (Å²) in [6, 6.07) is 7.59. The first-order valence-corrected chi connectivity index (χ1v) is 6.15. The Hall–Kier alpha value is 0.600. The van der Waals surface area contributed by atoms with Crippen LogP contribution in [-0.4, -0.2) is 13.2 Å². The van der Waals surface area contributed by atoms with E-state index in [1.807, 2.05) is 38.1 Å². The van der Waals surface area contributed by atoms with Crippen LogP contribution in [0.25, 0.3) is 0 Å². The molecule has 0 saturated carbocycles. The van der Waals surface area contributed by atoms with Gasteiger partial charge in [-0.2, -0.15) is 0 Å². The van der Waals surface area contributed by atoms with Crippen LogP contribution in [0, 0.1) is 0 Å². The molecular formula is C10H14AuClO2P. The molecule has 0 bridgehead atoms. The predicted octanol–water partition coefficient (Wildman–Crippen LogP) is 3.35. The van der Waals surface area contributed by atoms with Crippen LogP contribution in [0.15, 0.2) is 24.3 Å². The van der Waals surface area contributed by atoms with Gasteiger partial charge in [-0.25, -0.2) is 0 Å². The molecule has 0 heterocycles. The van der Waals surface area contributed by atoms with Gasteiger partial charge in [-0.3, -0.25) is 0 Å². The van der Waals surface area contributed by atoms with Gasteiger partial charge in [0.2, 0.25) is 8.38 Å². The summed E-state index contributed by atoms with van der Waals surface area (Å²) in [6.45, 7) is 5.25. The second kappa shape index (κ2) is 8.72. The Morgan fingerprint density at radius 1 is 1.07 bits per heavy atom. The molecule has 0 amide bonds. The summed E-state index contributed by atoms with van der Waals surface area (Å²) in [5, 5.41) is 1.80. The molecule has 1 radical (unpaired) electrons. The van der Waals surface area contributed by atoms with Gasteiger partial charge in [0.25, 0.3) is 0 Å². The molecule has 1 rings (SSSR count). The van der Waals surface area contributed by atoms with Gasteiger partial charge in [-0.1, -0.05) is 11.6 Å². The van der Waals surface area contributed by atoms with E-state index in [1.165, 1.54) is 0 Å². The first-order chi connectivity index (χ1) is 6.77. The molecule has 0 N–H and O–H groups in total. The minimum atomic E-state index is -0.927. The molecule has 1 aromatic carbocycles. The standard InChI is InChI=1S/C10H14ClO2P.Au/c1-3-12-14(13-4-2)10-7-5-9(11)6-8-10;/h5-8H,3-4H2,1-2H3;. The third-order valence-electron chi connectivity index (χ3n) is 1.53. The van der Waals surface area contributed by atoms with E-state index in [1.54, 1.807) is 0 Å². The Balaban J connectivity index is 0.00000196. The fourth-order valence-electron chi connectivity index (χ4n) is 0.984. The van der Waals surface area contributed by atoms with E-state index < -0.39 is 8.38 Å². The number of benzene rings is 1. The fraction of sp³-hybridized carbons (Fsp3) is 0.400. The molecule has 0 unspecified atom stereocenters. The zero-order valence-electron chi connectivity index (χ0n) is 8.67. The monoisotopic (exact) mass is 429 g/mol. The van der Waals surface area contributed by atoms with Gasteiger partial charge in [0.05, 0.1) is 13.2 Å². The maximum atomic E-state index is 5.80. The van der Waals surface area contributed by atoms with Crippen molar-refractivity contribution in [2.75, 3.05) is 13.2 Å². The maximum Gasteiger partial charge on any atom is 0.205 e. The van der Waals surface area contributed by atoms with E-state index in [4.69, 9.17) is 20.6 Å². The summed E-state index contributed by atoms with van der Waals surface area (Å²) in [6.07, 6.45) is 0. The summed E-state index contributed by atoms with van der Waals surface area (Å²) < 4.78 is 11.0. The van der Waals surface area contributed by atoms with Crippen molar-refractivity contribution in [3.63, 3.8) is 0 Å². The first kappa shape index (κ1) is 15.6. The molecule has 2 nitrogen and oxygen atoms in total. The van der Waals surface area contributed by atoms with E-state index in [2.05, 4.69) is 0 Å². The van der Waals surface area contributed by atoms with Crippen molar-refractivity contribution < 1.29 is 31.4 Å². The molecule has 0 fully saturated rings. The van der Waals surface area contributed by atoms with Crippen molar-refractivity contribution >= 4 is 25.3 Å². The van der Waals surface area contributed by atoms with Crippen LogP contribution in [0.4, 0.5) is 0 Å². The first-order valence-electron chi connectivity index (χ1n) is 4.59. The van der Waals surface area contributed by atoms with Crippen LogP contribution in [0.5, 0.6) is 0 Å². The van der Waals surface area contributed by atoms with Crippen molar-refractivity contribution in [1.82, 2.24) is 0 Å². The third kappa shape index (κ3) is 5.46. The molecule has 0 aliphatic rings. The smallest absolute Gasteiger partial charge is 0.205 e. The zero-order valence-corrected chi connectivity index (χ0v) is 12.5. The average molecular weight is 430 g/mol. The summed E-state index contributed by atoms with van der Waals surface area (Å²) in [5.41, 5.74) is 0. The molecule has 0 aliphatic heterocycles. The van der Waals surface area contributed by atoms with Gasteiger partial charge in [0.1, 0.15) is 0 Å². The second-order valence-corrected chi connectivity index (χ2v) is 4.55. The van der Waals surface area contributed by atoms with Crippen molar-refractivity contribution in [3.05, 3.63) is 29.3 Å². The number of hydrogen-bond donors (Lipinski definition) is 0. The molecule has 0 atom stereocenters. The second-order valence-electron chi connectivity index (χ2n) is 2.57. The van der Waals surface area contributed by atoms with Gasteiger partial charge in [-0.15, -0.1) is 0 Å². The number of hydrogen-bond acceptors (Lipinski definition) is 2. The van der Waals surface area contributed by atoms with E-state index in [9.17, 15) is 0 Å². The summed E-state index contributed by atoms with van der Waals surface area (Å²) in [5.74, 6) is 0. The molecule has 0 aromatic heterocycles. The largest absolute Gasteiger partial charge is 0.331 e. The van der Waals surface area contributed by atoms with Gasteiger partial charge in [0.15, 0.2) is 0 Å². The third-order valence-corrected chi connectivity index (χ3v) is 3.49. The number of halogens is 1. The van der Waals surface area contributed by atoms with Gasteiger partial charge in [-0.05, 0) is 38.1 Å². The summed E-state index contributed by atoms with van der Waals surface area (Å²) in [4.78, 5) is 0.